The lowest BCUT2D eigenvalue weighted by Gasteiger charge is -2.29. The Morgan fingerprint density at radius 1 is 0.981 bits per heavy atom. The zero-order chi connectivity index (χ0) is 35.6. The lowest BCUT2D eigenvalue weighted by molar-refractivity contribution is -0.132. The van der Waals surface area contributed by atoms with Gasteiger partial charge in [-0.1, -0.05) is 87.7 Å². The number of allylic oxidation sites excluding steroid dienone is 1. The zero-order valence-corrected chi connectivity index (χ0v) is 29.6. The van der Waals surface area contributed by atoms with E-state index in [1.54, 1.807) is 6.20 Å². The molecular formula is C43H39N5O5. The zero-order valence-electron chi connectivity index (χ0n) is 29.6. The van der Waals surface area contributed by atoms with Crippen LogP contribution in [0.15, 0.2) is 75.7 Å². The number of benzene rings is 3. The van der Waals surface area contributed by atoms with Crippen molar-refractivity contribution in [3.05, 3.63) is 112 Å². The fourth-order valence-electron chi connectivity index (χ4n) is 9.76. The average molecular weight is 706 g/mol. The Morgan fingerprint density at radius 3 is 2.70 bits per heavy atom. The molecule has 0 radical (unpaired) electrons. The van der Waals surface area contributed by atoms with Crippen LogP contribution in [0.3, 0.4) is 0 Å². The number of nitrogens with zero attached hydrogens (tertiary/aromatic N) is 2. The Balaban J connectivity index is 1.17. The SMILES string of the molecule is CC(C)[C@@H]1NC(=O)C(NC(=O)C2CCCCC2)Cc2ccc3c(c2)C24c5cccc(c5N[C@H]2O3)-c2cccc3c2C(=CC3)c2cnc(o2)-c2nc1oc24. The minimum Gasteiger partial charge on any atom is -0.469 e. The van der Waals surface area contributed by atoms with Gasteiger partial charge >= 0.3 is 0 Å². The van der Waals surface area contributed by atoms with Gasteiger partial charge in [-0.15, -0.1) is 0 Å². The van der Waals surface area contributed by atoms with E-state index in [0.29, 0.717) is 41.2 Å². The highest BCUT2D eigenvalue weighted by molar-refractivity contribution is 5.97. The van der Waals surface area contributed by atoms with E-state index in [4.69, 9.17) is 23.5 Å². The van der Waals surface area contributed by atoms with Gasteiger partial charge in [-0.05, 0) is 53.5 Å². The van der Waals surface area contributed by atoms with Crippen LogP contribution in [0.2, 0.25) is 0 Å². The Labute approximate surface area is 306 Å². The molecule has 2 aliphatic carbocycles. The van der Waals surface area contributed by atoms with Gasteiger partial charge in [0, 0.05) is 40.3 Å². The van der Waals surface area contributed by atoms with Crippen molar-refractivity contribution in [3.63, 3.8) is 0 Å². The van der Waals surface area contributed by atoms with Crippen LogP contribution in [0.5, 0.6) is 5.75 Å². The summed E-state index contributed by atoms with van der Waals surface area (Å²) in [4.78, 5) is 38.0. The summed E-state index contributed by atoms with van der Waals surface area (Å²) >= 11 is 0. The summed E-state index contributed by atoms with van der Waals surface area (Å²) in [5, 5.41) is 10.2. The molecule has 2 amide bonds. The summed E-state index contributed by atoms with van der Waals surface area (Å²) in [6.07, 6.45) is 9.40. The number of aromatic nitrogens is 2. The van der Waals surface area contributed by atoms with E-state index >= 15 is 0 Å². The monoisotopic (exact) mass is 705 g/mol. The molecular weight excluding hydrogens is 667 g/mol. The summed E-state index contributed by atoms with van der Waals surface area (Å²) in [5.41, 5.74) is 8.76. The molecule has 6 heterocycles. The topological polar surface area (TPSA) is 132 Å². The molecule has 3 N–H and O–H groups in total. The molecule has 4 aliphatic heterocycles. The number of para-hydroxylation sites is 1. The van der Waals surface area contributed by atoms with E-state index in [9.17, 15) is 9.59 Å². The number of nitrogens with one attached hydrogen (secondary N) is 3. The first-order valence-electron chi connectivity index (χ1n) is 19.0. The molecule has 266 valence electrons. The Hall–Kier alpha value is -5.64. The molecule has 53 heavy (non-hydrogen) atoms. The van der Waals surface area contributed by atoms with Gasteiger partial charge in [-0.25, -0.2) is 9.97 Å². The van der Waals surface area contributed by atoms with Crippen molar-refractivity contribution in [1.29, 1.82) is 0 Å². The van der Waals surface area contributed by atoms with Crippen molar-refractivity contribution in [2.75, 3.05) is 5.32 Å². The third kappa shape index (κ3) is 4.32. The van der Waals surface area contributed by atoms with Crippen LogP contribution in [0, 0.1) is 11.8 Å². The van der Waals surface area contributed by atoms with E-state index < -0.39 is 23.7 Å². The van der Waals surface area contributed by atoms with Gasteiger partial charge in [-0.2, -0.15) is 0 Å². The van der Waals surface area contributed by atoms with E-state index in [2.05, 4.69) is 64.5 Å². The minimum absolute atomic E-state index is 0.0588. The maximum absolute atomic E-state index is 14.3. The molecule has 2 unspecified atom stereocenters. The number of carbonyl (C=O) groups is 2. The van der Waals surface area contributed by atoms with Gasteiger partial charge in [0.25, 0.3) is 0 Å². The summed E-state index contributed by atoms with van der Waals surface area (Å²) < 4.78 is 20.6. The van der Waals surface area contributed by atoms with Crippen molar-refractivity contribution < 1.29 is 23.2 Å². The van der Waals surface area contributed by atoms with Crippen LogP contribution in [0.25, 0.3) is 28.3 Å². The van der Waals surface area contributed by atoms with E-state index in [1.165, 1.54) is 5.56 Å². The highest BCUT2D eigenvalue weighted by Gasteiger charge is 2.61. The number of amides is 2. The van der Waals surface area contributed by atoms with Crippen LogP contribution >= 0.6 is 0 Å². The number of hydrogen-bond acceptors (Lipinski definition) is 8. The summed E-state index contributed by atoms with van der Waals surface area (Å²) in [7, 11) is 0. The van der Waals surface area contributed by atoms with Gasteiger partial charge < -0.3 is 29.5 Å². The smallest absolute Gasteiger partial charge is 0.249 e. The van der Waals surface area contributed by atoms with E-state index in [1.807, 2.05) is 26.0 Å². The average Bonchev–Trinajstić information content (AvgIpc) is 4.00. The number of fused-ring (bicyclic) bond motifs is 7. The van der Waals surface area contributed by atoms with Crippen molar-refractivity contribution in [1.82, 2.24) is 20.6 Å². The van der Waals surface area contributed by atoms with Crippen molar-refractivity contribution in [2.45, 2.75) is 82.5 Å². The van der Waals surface area contributed by atoms with Crippen LogP contribution in [0.4, 0.5) is 5.69 Å². The molecule has 3 aromatic carbocycles. The van der Waals surface area contributed by atoms with E-state index in [0.717, 1.165) is 83.2 Å². The molecule has 2 aromatic heterocycles. The summed E-state index contributed by atoms with van der Waals surface area (Å²) in [5.74, 6) is 2.07. The largest absolute Gasteiger partial charge is 0.469 e. The van der Waals surface area contributed by atoms with Gasteiger partial charge in [0.1, 0.15) is 23.2 Å². The fourth-order valence-corrected chi connectivity index (χ4v) is 9.76. The number of anilines is 1. The molecule has 1 saturated carbocycles. The van der Waals surface area contributed by atoms with Gasteiger partial charge in [0.15, 0.2) is 23.4 Å². The normalized spacial score (nSPS) is 24.5. The lowest BCUT2D eigenvalue weighted by atomic mass is 9.72. The van der Waals surface area contributed by atoms with Crippen LogP contribution in [-0.2, 0) is 27.8 Å². The molecule has 10 bridgehead atoms. The van der Waals surface area contributed by atoms with Crippen molar-refractivity contribution in [3.8, 4) is 28.5 Å². The molecule has 6 aliphatic rings. The van der Waals surface area contributed by atoms with Gasteiger partial charge in [0.05, 0.1) is 6.20 Å². The second kappa shape index (κ2) is 11.2. The molecule has 1 fully saturated rings. The summed E-state index contributed by atoms with van der Waals surface area (Å²) in [6, 6.07) is 17.6. The highest BCUT2D eigenvalue weighted by atomic mass is 16.5. The second-order valence-corrected chi connectivity index (χ2v) is 15.8. The molecule has 1 spiro atoms. The maximum Gasteiger partial charge on any atom is 0.249 e. The maximum atomic E-state index is 14.3. The highest BCUT2D eigenvalue weighted by Crippen LogP contribution is 2.61. The predicted octanol–water partition coefficient (Wildman–Crippen LogP) is 7.21. The molecule has 10 nitrogen and oxygen atoms in total. The Bertz CT molecular complexity index is 2420. The second-order valence-electron chi connectivity index (χ2n) is 15.8. The third-order valence-corrected chi connectivity index (χ3v) is 12.4. The quantitative estimate of drug-likeness (QED) is 0.180. The minimum atomic E-state index is -0.993. The van der Waals surface area contributed by atoms with Crippen LogP contribution < -0.4 is 20.7 Å². The van der Waals surface area contributed by atoms with Gasteiger partial charge in [0.2, 0.25) is 23.6 Å². The van der Waals surface area contributed by atoms with Crippen LogP contribution in [-0.4, -0.2) is 34.1 Å². The number of hydrogen-bond donors (Lipinski definition) is 3. The lowest BCUT2D eigenvalue weighted by Crippen LogP contribution is -2.51. The predicted molar refractivity (Wildman–Crippen MR) is 197 cm³/mol. The number of oxazole rings is 2. The number of rotatable bonds is 3. The van der Waals surface area contributed by atoms with Crippen molar-refractivity contribution >= 4 is 23.1 Å². The standard InChI is InChI=1S/C43H39N5O5/c1-21(2)34-41-47-36-37(53-41)43-28-13-7-12-26(25-11-6-10-23-15-16-27(33(23)25)32-20-44-40(36)51-32)35(28)48-42(43)52-31-17-14-22(18-29(31)43)19-30(39(50)46-34)45-38(49)24-8-4-3-5-9-24/h6-7,10-14,16-18,20-21,24,30,34,42,48H,3-5,8-9,15,19H2,1-2H3,(H,45,49)(H,46,50)/t30?,34-,42-,43?/m0/s1. The first-order chi connectivity index (χ1) is 25.9. The van der Waals surface area contributed by atoms with Crippen LogP contribution in [0.1, 0.15) is 97.2 Å². The first-order valence-corrected chi connectivity index (χ1v) is 19.0. The number of ether oxygens (including phenoxy) is 1. The van der Waals surface area contributed by atoms with E-state index in [-0.39, 0.29) is 23.7 Å². The Morgan fingerprint density at radius 2 is 1.83 bits per heavy atom. The molecule has 10 heteroatoms. The molecule has 0 saturated heterocycles. The summed E-state index contributed by atoms with van der Waals surface area (Å²) in [6.45, 7) is 4.06. The number of carbonyl (C=O) groups excluding carboxylic acids is 2. The molecule has 11 rings (SSSR count). The van der Waals surface area contributed by atoms with Gasteiger partial charge in [-0.3, -0.25) is 9.59 Å². The third-order valence-electron chi connectivity index (χ3n) is 12.4. The first kappa shape index (κ1) is 30.9. The molecule has 4 atom stereocenters. The fraction of sp³-hybridized carbons (Fsp3) is 0.349. The Kier molecular flexibility index (Phi) is 6.53. The van der Waals surface area contributed by atoms with Crippen molar-refractivity contribution in [2.24, 2.45) is 11.8 Å². The molecule has 5 aromatic rings.